The van der Waals surface area contributed by atoms with Crippen LogP contribution in [0.1, 0.15) is 28.8 Å². The van der Waals surface area contributed by atoms with Crippen LogP contribution in [-0.4, -0.2) is 28.5 Å². The molecular weight excluding hydrogens is 345 g/mol. The number of hydrogen-bond donors (Lipinski definition) is 1. The standard InChI is InChI=1S/C18H17ClFN3O2/c1-24-18-13(19)7-11(8-14(18)20)17-16-15(21-10-22-16)4-5-23(17)9-12-3-2-6-25-12/h2-3,6-8,10,17H,4-5,9H2,1H3,(H,21,22)/t17-/m0/s1. The molecule has 0 saturated carbocycles. The topological polar surface area (TPSA) is 54.3 Å². The van der Waals surface area contributed by atoms with E-state index in [4.69, 9.17) is 20.8 Å². The van der Waals surface area contributed by atoms with Gasteiger partial charge in [0.2, 0.25) is 0 Å². The zero-order valence-electron chi connectivity index (χ0n) is 13.6. The lowest BCUT2D eigenvalue weighted by Gasteiger charge is -2.34. The van der Waals surface area contributed by atoms with E-state index >= 15 is 0 Å². The molecule has 3 aromatic rings. The van der Waals surface area contributed by atoms with Crippen molar-refractivity contribution in [1.29, 1.82) is 0 Å². The number of nitrogens with one attached hydrogen (secondary N) is 1. The fraction of sp³-hybridized carbons (Fsp3) is 0.278. The molecule has 7 heteroatoms. The molecule has 130 valence electrons. The smallest absolute Gasteiger partial charge is 0.173 e. The van der Waals surface area contributed by atoms with E-state index in [-0.39, 0.29) is 16.8 Å². The molecule has 1 aliphatic rings. The molecule has 0 amide bonds. The molecule has 1 aliphatic heterocycles. The van der Waals surface area contributed by atoms with E-state index in [1.54, 1.807) is 18.7 Å². The quantitative estimate of drug-likeness (QED) is 0.764. The number of halogens is 2. The third kappa shape index (κ3) is 2.92. The van der Waals surface area contributed by atoms with Crippen molar-refractivity contribution >= 4 is 11.6 Å². The summed E-state index contributed by atoms with van der Waals surface area (Å²) in [7, 11) is 1.40. The molecule has 0 spiro atoms. The van der Waals surface area contributed by atoms with Crippen molar-refractivity contribution in [1.82, 2.24) is 14.9 Å². The predicted octanol–water partition coefficient (Wildman–Crippen LogP) is 3.95. The van der Waals surface area contributed by atoms with Gasteiger partial charge in [-0.25, -0.2) is 9.37 Å². The number of aromatic nitrogens is 2. The predicted molar refractivity (Wildman–Crippen MR) is 91.2 cm³/mol. The van der Waals surface area contributed by atoms with Crippen LogP contribution in [0.2, 0.25) is 5.02 Å². The number of ether oxygens (including phenoxy) is 1. The maximum atomic E-state index is 14.4. The van der Waals surface area contributed by atoms with Crippen LogP contribution in [0, 0.1) is 5.82 Å². The normalized spacial score (nSPS) is 17.5. The molecule has 4 rings (SSSR count). The van der Waals surface area contributed by atoms with Crippen molar-refractivity contribution in [3.05, 3.63) is 70.4 Å². The zero-order valence-corrected chi connectivity index (χ0v) is 14.4. The highest BCUT2D eigenvalue weighted by atomic mass is 35.5. The summed E-state index contributed by atoms with van der Waals surface area (Å²) >= 11 is 6.22. The van der Waals surface area contributed by atoms with Crippen LogP contribution in [0.3, 0.4) is 0 Å². The van der Waals surface area contributed by atoms with Crippen LogP contribution >= 0.6 is 11.6 Å². The summed E-state index contributed by atoms with van der Waals surface area (Å²) < 4.78 is 24.9. The largest absolute Gasteiger partial charge is 0.492 e. The Morgan fingerprint density at radius 2 is 2.36 bits per heavy atom. The Kier molecular flexibility index (Phi) is 4.23. The van der Waals surface area contributed by atoms with Crippen molar-refractivity contribution < 1.29 is 13.5 Å². The summed E-state index contributed by atoms with van der Waals surface area (Å²) in [6.45, 7) is 1.40. The number of benzene rings is 1. The first kappa shape index (κ1) is 16.2. The second-order valence-corrected chi connectivity index (χ2v) is 6.39. The van der Waals surface area contributed by atoms with E-state index < -0.39 is 5.82 Å². The van der Waals surface area contributed by atoms with E-state index in [9.17, 15) is 4.39 Å². The highest BCUT2D eigenvalue weighted by Crippen LogP contribution is 2.38. The van der Waals surface area contributed by atoms with Gasteiger partial charge >= 0.3 is 0 Å². The van der Waals surface area contributed by atoms with Crippen molar-refractivity contribution in [2.24, 2.45) is 0 Å². The molecule has 0 saturated heterocycles. The third-order valence-corrected chi connectivity index (χ3v) is 4.79. The lowest BCUT2D eigenvalue weighted by Crippen LogP contribution is -2.35. The summed E-state index contributed by atoms with van der Waals surface area (Å²) in [5, 5.41) is 0.248. The van der Waals surface area contributed by atoms with Crippen LogP contribution in [0.4, 0.5) is 4.39 Å². The van der Waals surface area contributed by atoms with Crippen LogP contribution in [-0.2, 0) is 13.0 Å². The van der Waals surface area contributed by atoms with E-state index in [1.165, 1.54) is 13.2 Å². The number of rotatable bonds is 4. The molecule has 3 heterocycles. The van der Waals surface area contributed by atoms with Gasteiger partial charge in [-0.3, -0.25) is 4.90 Å². The summed E-state index contributed by atoms with van der Waals surface area (Å²) in [6, 6.07) is 6.79. The first-order chi connectivity index (χ1) is 12.2. The number of fused-ring (bicyclic) bond motifs is 1. The Labute approximate surface area is 149 Å². The summed E-state index contributed by atoms with van der Waals surface area (Å²) in [5.41, 5.74) is 2.69. The number of nitrogens with zero attached hydrogens (tertiary/aromatic N) is 2. The minimum atomic E-state index is -0.481. The molecule has 0 bridgehead atoms. The van der Waals surface area contributed by atoms with Gasteiger partial charge in [0.05, 0.1) is 43.0 Å². The van der Waals surface area contributed by atoms with Crippen molar-refractivity contribution in [3.8, 4) is 5.75 Å². The van der Waals surface area contributed by atoms with Crippen molar-refractivity contribution in [2.75, 3.05) is 13.7 Å². The number of methoxy groups -OCH3 is 1. The minimum Gasteiger partial charge on any atom is -0.492 e. The Hall–Kier alpha value is -2.31. The molecule has 2 aromatic heterocycles. The fourth-order valence-electron chi connectivity index (χ4n) is 3.40. The van der Waals surface area contributed by atoms with Gasteiger partial charge in [0.1, 0.15) is 5.76 Å². The minimum absolute atomic E-state index is 0.0565. The van der Waals surface area contributed by atoms with Gasteiger partial charge in [-0.05, 0) is 29.8 Å². The molecule has 1 aromatic carbocycles. The average Bonchev–Trinajstić information content (AvgIpc) is 3.25. The number of hydrogen-bond acceptors (Lipinski definition) is 4. The molecule has 1 atom stereocenters. The highest BCUT2D eigenvalue weighted by molar-refractivity contribution is 6.32. The second-order valence-electron chi connectivity index (χ2n) is 5.99. The molecule has 25 heavy (non-hydrogen) atoms. The monoisotopic (exact) mass is 361 g/mol. The third-order valence-electron chi connectivity index (χ3n) is 4.50. The maximum absolute atomic E-state index is 14.4. The lowest BCUT2D eigenvalue weighted by molar-refractivity contribution is 0.185. The summed E-state index contributed by atoms with van der Waals surface area (Å²) in [5.74, 6) is 0.427. The van der Waals surface area contributed by atoms with Gasteiger partial charge in [0.15, 0.2) is 11.6 Å². The van der Waals surface area contributed by atoms with Crippen molar-refractivity contribution in [3.63, 3.8) is 0 Å². The van der Waals surface area contributed by atoms with Gasteiger partial charge in [-0.2, -0.15) is 0 Å². The van der Waals surface area contributed by atoms with Gasteiger partial charge in [0, 0.05) is 18.7 Å². The van der Waals surface area contributed by atoms with Crippen LogP contribution < -0.4 is 4.74 Å². The van der Waals surface area contributed by atoms with Crippen molar-refractivity contribution in [2.45, 2.75) is 19.0 Å². The average molecular weight is 362 g/mol. The first-order valence-corrected chi connectivity index (χ1v) is 8.36. The fourth-order valence-corrected chi connectivity index (χ4v) is 3.69. The number of H-pyrrole nitrogens is 1. The van der Waals surface area contributed by atoms with Gasteiger partial charge in [0.25, 0.3) is 0 Å². The molecule has 1 N–H and O–H groups in total. The molecular formula is C18H17ClFN3O2. The van der Waals surface area contributed by atoms with Gasteiger partial charge in [-0.1, -0.05) is 11.6 Å². The number of furan rings is 1. The Balaban J connectivity index is 1.77. The second kappa shape index (κ2) is 6.54. The SMILES string of the molecule is COc1c(F)cc([C@H]2c3nc[nH]c3CCN2Cc2ccco2)cc1Cl. The Bertz CT molecular complexity index is 855. The zero-order chi connectivity index (χ0) is 17.4. The molecule has 0 fully saturated rings. The van der Waals surface area contributed by atoms with E-state index in [0.717, 1.165) is 35.7 Å². The highest BCUT2D eigenvalue weighted by Gasteiger charge is 2.32. The van der Waals surface area contributed by atoms with Crippen LogP contribution in [0.25, 0.3) is 0 Å². The van der Waals surface area contributed by atoms with Gasteiger partial charge in [-0.15, -0.1) is 0 Å². The maximum Gasteiger partial charge on any atom is 0.173 e. The van der Waals surface area contributed by atoms with E-state index in [1.807, 2.05) is 12.1 Å². The molecule has 5 nitrogen and oxygen atoms in total. The molecule has 0 unspecified atom stereocenters. The van der Waals surface area contributed by atoms with Crippen LogP contribution in [0.15, 0.2) is 41.3 Å². The van der Waals surface area contributed by atoms with Crippen LogP contribution in [0.5, 0.6) is 5.75 Å². The van der Waals surface area contributed by atoms with Gasteiger partial charge < -0.3 is 14.1 Å². The first-order valence-electron chi connectivity index (χ1n) is 7.99. The Morgan fingerprint density at radius 3 is 3.08 bits per heavy atom. The number of imidazole rings is 1. The van der Waals surface area contributed by atoms with E-state index in [0.29, 0.717) is 6.54 Å². The summed E-state index contributed by atoms with van der Waals surface area (Å²) in [6.07, 6.45) is 4.17. The summed E-state index contributed by atoms with van der Waals surface area (Å²) in [4.78, 5) is 9.86. The molecule has 0 radical (unpaired) electrons. The Morgan fingerprint density at radius 1 is 1.48 bits per heavy atom. The lowest BCUT2D eigenvalue weighted by atomic mass is 9.95. The number of aromatic amines is 1. The molecule has 0 aliphatic carbocycles. The van der Waals surface area contributed by atoms with E-state index in [2.05, 4.69) is 14.9 Å².